The molecule has 0 N–H and O–H groups in total. The van der Waals surface area contributed by atoms with Crippen molar-refractivity contribution in [3.05, 3.63) is 133 Å². The van der Waals surface area contributed by atoms with Gasteiger partial charge in [-0.15, -0.1) is 0 Å². The Morgan fingerprint density at radius 1 is 0.354 bits per heavy atom. The van der Waals surface area contributed by atoms with E-state index in [2.05, 4.69) is 84.9 Å². The average Bonchev–Trinajstić information content (AvgIpc) is 3.15. The number of hydrogen-bond acceptors (Lipinski definition) is 6. The molecule has 240 valence electrons. The molecule has 0 atom stereocenters. The Kier molecular flexibility index (Phi) is 11.3. The van der Waals surface area contributed by atoms with Gasteiger partial charge >= 0.3 is 309 Å². The number of rotatable bonds is 12. The van der Waals surface area contributed by atoms with E-state index in [1.807, 2.05) is 72.1 Å². The van der Waals surface area contributed by atoms with Crippen LogP contribution in [0.4, 0.5) is 0 Å². The summed E-state index contributed by atoms with van der Waals surface area (Å²) in [4.78, 5) is 2.36. The molecule has 0 fully saturated rings. The summed E-state index contributed by atoms with van der Waals surface area (Å²) in [5, 5.41) is 0. The van der Waals surface area contributed by atoms with E-state index in [0.717, 1.165) is 67.5 Å². The summed E-state index contributed by atoms with van der Waals surface area (Å²) < 4.78 is 23.6. The molecule has 2 radical (unpaired) electrons. The van der Waals surface area contributed by atoms with Gasteiger partial charge < -0.3 is 0 Å². The predicted octanol–water partition coefficient (Wildman–Crippen LogP) is 10.7. The van der Waals surface area contributed by atoms with E-state index in [1.165, 1.54) is 34.5 Å². The van der Waals surface area contributed by atoms with Crippen molar-refractivity contribution in [2.24, 2.45) is 0 Å². The van der Waals surface area contributed by atoms with Gasteiger partial charge in [0.1, 0.15) is 0 Å². The van der Waals surface area contributed by atoms with Crippen molar-refractivity contribution in [1.82, 2.24) is 0 Å². The summed E-state index contributed by atoms with van der Waals surface area (Å²) in [6.45, 7) is 0. The molecular weight excluding hydrogens is 830 g/mol. The first-order valence-electron chi connectivity index (χ1n) is 15.4. The predicted molar refractivity (Wildman–Crippen MR) is 202 cm³/mol. The molecule has 0 heterocycles. The Morgan fingerprint density at radius 2 is 0.583 bits per heavy atom. The molecule has 0 aliphatic heterocycles. The number of benzene rings is 6. The Labute approximate surface area is 306 Å². The molecule has 4 nitrogen and oxygen atoms in total. The normalized spacial score (nSPS) is 11.0. The SMILES string of the molecule is COc1ccccc1-c1cccc(-c2ccccc2OC)c1S[CH]([Bi])Sc1c(-c2ccccc2OC)cccc1-c1ccccc1OC. The summed E-state index contributed by atoms with van der Waals surface area (Å²) in [6, 6.07) is 45.9. The second kappa shape index (κ2) is 16.0. The van der Waals surface area contributed by atoms with Crippen LogP contribution in [0.15, 0.2) is 143 Å². The van der Waals surface area contributed by atoms with Gasteiger partial charge in [0.05, 0.1) is 0 Å². The van der Waals surface area contributed by atoms with Gasteiger partial charge in [-0.05, 0) is 0 Å². The maximum atomic E-state index is 5.86. The first-order valence-corrected chi connectivity index (χ1v) is 19.2. The molecule has 6 aromatic rings. The molecule has 6 rings (SSSR count). The molecule has 0 aromatic heterocycles. The Balaban J connectivity index is 1.52. The Morgan fingerprint density at radius 3 is 0.833 bits per heavy atom. The maximum absolute atomic E-state index is 5.86. The van der Waals surface area contributed by atoms with Crippen molar-refractivity contribution in [2.75, 3.05) is 28.4 Å². The molecule has 0 amide bonds. The number of thioether (sulfide) groups is 2. The zero-order valence-electron chi connectivity index (χ0n) is 27.2. The van der Waals surface area contributed by atoms with Crippen molar-refractivity contribution in [3.8, 4) is 67.5 Å². The number of methoxy groups -OCH3 is 4. The van der Waals surface area contributed by atoms with E-state index in [9.17, 15) is 0 Å². The van der Waals surface area contributed by atoms with Gasteiger partial charge in [-0.1, -0.05) is 0 Å². The van der Waals surface area contributed by atoms with Crippen molar-refractivity contribution in [1.29, 1.82) is 0 Å². The monoisotopic (exact) mass is 864 g/mol. The zero-order valence-corrected chi connectivity index (χ0v) is 32.3. The van der Waals surface area contributed by atoms with Crippen molar-refractivity contribution in [3.63, 3.8) is 0 Å². The molecule has 0 aliphatic carbocycles. The summed E-state index contributed by atoms with van der Waals surface area (Å²) in [7, 11) is 6.92. The summed E-state index contributed by atoms with van der Waals surface area (Å²) in [6.07, 6.45) is 0. The third-order valence-corrected chi connectivity index (χ3v) is 12.8. The van der Waals surface area contributed by atoms with Gasteiger partial charge in [-0.25, -0.2) is 0 Å². The second-order valence-corrected chi connectivity index (χ2v) is 18.1. The van der Waals surface area contributed by atoms with Crippen LogP contribution in [-0.2, 0) is 0 Å². The van der Waals surface area contributed by atoms with Crippen LogP contribution in [0.5, 0.6) is 23.0 Å². The van der Waals surface area contributed by atoms with Gasteiger partial charge in [0.15, 0.2) is 0 Å². The van der Waals surface area contributed by atoms with Gasteiger partial charge in [0.2, 0.25) is 0 Å². The van der Waals surface area contributed by atoms with Crippen molar-refractivity contribution >= 4 is 48.2 Å². The van der Waals surface area contributed by atoms with E-state index >= 15 is 0 Å². The van der Waals surface area contributed by atoms with E-state index in [4.69, 9.17) is 18.9 Å². The van der Waals surface area contributed by atoms with Crippen LogP contribution in [0.25, 0.3) is 44.5 Å². The molecule has 0 spiro atoms. The van der Waals surface area contributed by atoms with E-state index in [0.29, 0.717) is 0 Å². The third-order valence-electron chi connectivity index (χ3n) is 8.06. The van der Waals surface area contributed by atoms with Crippen LogP contribution in [-0.4, -0.2) is 55.4 Å². The summed E-state index contributed by atoms with van der Waals surface area (Å²) >= 11 is 4.94. The van der Waals surface area contributed by atoms with Crippen molar-refractivity contribution < 1.29 is 18.9 Å². The van der Waals surface area contributed by atoms with E-state index in [-0.39, 0.29) is 2.29 Å². The molecule has 0 unspecified atom stereocenters. The molecule has 0 saturated heterocycles. The molecule has 7 heteroatoms. The third kappa shape index (κ3) is 7.10. The number of ether oxygens (including phenoxy) is 4. The van der Waals surface area contributed by atoms with Gasteiger partial charge in [0.25, 0.3) is 0 Å². The molecule has 0 saturated carbocycles. The van der Waals surface area contributed by atoms with Gasteiger partial charge in [-0.2, -0.15) is 0 Å². The van der Waals surface area contributed by atoms with E-state index in [1.54, 1.807) is 28.4 Å². The molecule has 6 aromatic carbocycles. The summed E-state index contributed by atoms with van der Waals surface area (Å²) in [5.41, 5.74) is 8.72. The van der Waals surface area contributed by atoms with Gasteiger partial charge in [0, 0.05) is 0 Å². The molecular formula is C41H35BiO4S2. The topological polar surface area (TPSA) is 36.9 Å². The standard InChI is InChI=1S/C41H35O4S2.Bi/c1-42-36-23-9-5-15-28(36)32-19-13-20-33(29-16-6-10-24-37(29)43-2)40(32)46-27-47-41-34(30-17-7-11-25-38(30)44-3)21-14-22-35(41)31-18-8-12-26-39(31)45-4;/h5-27H,1-4H3;. The van der Waals surface area contributed by atoms with Gasteiger partial charge in [-0.3, -0.25) is 0 Å². The molecule has 0 aliphatic rings. The fraction of sp³-hybridized carbons (Fsp3) is 0.122. The Bertz CT molecular complexity index is 1750. The van der Waals surface area contributed by atoms with Crippen LogP contribution in [0.1, 0.15) is 0 Å². The average molecular weight is 865 g/mol. The van der Waals surface area contributed by atoms with Crippen LogP contribution in [0.3, 0.4) is 0 Å². The number of hydrogen-bond donors (Lipinski definition) is 0. The zero-order chi connectivity index (χ0) is 33.5. The Hall–Kier alpha value is -3.90. The first-order chi connectivity index (χ1) is 23.6. The number of para-hydroxylation sites is 4. The fourth-order valence-corrected chi connectivity index (χ4v) is 10.7. The van der Waals surface area contributed by atoms with Crippen LogP contribution in [0.2, 0.25) is 0 Å². The molecule has 0 bridgehead atoms. The minimum atomic E-state index is 0.193. The first kappa shape index (κ1) is 34.0. The summed E-state index contributed by atoms with van der Waals surface area (Å²) in [5.74, 6) is 3.36. The van der Waals surface area contributed by atoms with Crippen molar-refractivity contribution in [2.45, 2.75) is 12.1 Å². The second-order valence-electron chi connectivity index (χ2n) is 10.7. The van der Waals surface area contributed by atoms with Crippen LogP contribution < -0.4 is 18.9 Å². The quantitative estimate of drug-likeness (QED) is 0.0693. The van der Waals surface area contributed by atoms with E-state index < -0.39 is 0 Å². The minimum absolute atomic E-state index is 0.193. The van der Waals surface area contributed by atoms with Crippen LogP contribution >= 0.6 is 23.5 Å². The fourth-order valence-electron chi connectivity index (χ4n) is 5.87. The van der Waals surface area contributed by atoms with Crippen LogP contribution in [0, 0.1) is 0 Å². The molecule has 48 heavy (non-hydrogen) atoms.